The van der Waals surface area contributed by atoms with E-state index < -0.39 is 48.7 Å². The SMILES string of the molecule is CCCN1/C(=C/C=C/C2[NH+](CCCCCC(=O)NNC(=O)OC(C)(C)C)c3ccc(S(=O)(=O)[O-])cc3C2(C)C)C(C)(C)c2ccccc21.CCCN1/C(=C/C=C/C2[NH+](CCCCCC(=O)O)c3ccc(S(=O)(=O)[O-])cc3C2(C)C)C(C)(C)c2ccccc21. The van der Waals surface area contributed by atoms with Crippen LogP contribution in [-0.4, -0.2) is 92.9 Å². The van der Waals surface area contributed by atoms with Crippen molar-refractivity contribution in [3.8, 4) is 0 Å². The molecule has 0 spiro atoms. The number of hydrogen-bond acceptors (Lipinski definition) is 12. The van der Waals surface area contributed by atoms with Gasteiger partial charge in [0.25, 0.3) is 0 Å². The molecule has 5 N–H and O–H groups in total. The van der Waals surface area contributed by atoms with Crippen molar-refractivity contribution >= 4 is 61.0 Å². The molecule has 0 fully saturated rings. The number of nitrogens with zero attached hydrogens (tertiary/aromatic N) is 2. The Labute approximate surface area is 523 Å². The van der Waals surface area contributed by atoms with Crippen LogP contribution < -0.4 is 30.5 Å². The zero-order valence-corrected chi connectivity index (χ0v) is 55.5. The molecule has 4 aromatic carbocycles. The molecule has 88 heavy (non-hydrogen) atoms. The lowest BCUT2D eigenvalue weighted by atomic mass is 9.80. The highest BCUT2D eigenvalue weighted by molar-refractivity contribution is 7.86. The highest BCUT2D eigenvalue weighted by Crippen LogP contribution is 2.49. The van der Waals surface area contributed by atoms with Crippen molar-refractivity contribution in [3.05, 3.63) is 155 Å². The van der Waals surface area contributed by atoms with Gasteiger partial charge in [0.2, 0.25) is 5.91 Å². The molecule has 4 aliphatic rings. The molecule has 4 unspecified atom stereocenters. The molecule has 0 saturated heterocycles. The van der Waals surface area contributed by atoms with E-state index in [0.29, 0.717) is 12.8 Å². The van der Waals surface area contributed by atoms with Crippen molar-refractivity contribution in [2.75, 3.05) is 36.0 Å². The smallest absolute Gasteiger partial charge is 0.426 e. The molecular weight excluding hydrogens is 1150 g/mol. The predicted octanol–water partition coefficient (Wildman–Crippen LogP) is 10.6. The fourth-order valence-corrected chi connectivity index (χ4v) is 14.6. The number of amides is 2. The molecule has 2 amide bonds. The van der Waals surface area contributed by atoms with Crippen LogP contribution >= 0.6 is 0 Å². The molecule has 17 nitrogen and oxygen atoms in total. The minimum atomic E-state index is -4.60. The van der Waals surface area contributed by atoms with Crippen LogP contribution in [0.4, 0.5) is 27.5 Å². The molecule has 19 heteroatoms. The molecule has 0 aliphatic carbocycles. The number of rotatable bonds is 22. The van der Waals surface area contributed by atoms with E-state index in [2.05, 4.69) is 175 Å². The fraction of sp³-hybridized carbons (Fsp3) is 0.493. The summed E-state index contributed by atoms with van der Waals surface area (Å²) in [5.41, 5.74) is 14.1. The van der Waals surface area contributed by atoms with Crippen LogP contribution in [-0.2, 0) is 56.2 Å². The summed E-state index contributed by atoms with van der Waals surface area (Å²) >= 11 is 0. The first-order chi connectivity index (χ1) is 41.2. The number of carbonyl (C=O) groups excluding carboxylic acids is 2. The summed E-state index contributed by atoms with van der Waals surface area (Å²) in [6, 6.07) is 26.6. The Morgan fingerprint density at radius 3 is 1.39 bits per heavy atom. The molecule has 8 rings (SSSR count). The number of carboxylic acid groups (broad SMARTS) is 1. The number of aliphatic carboxylic acids is 1. The molecule has 4 aliphatic heterocycles. The van der Waals surface area contributed by atoms with Gasteiger partial charge in [-0.25, -0.2) is 27.1 Å². The van der Waals surface area contributed by atoms with Crippen molar-refractivity contribution in [1.29, 1.82) is 0 Å². The van der Waals surface area contributed by atoms with E-state index in [1.807, 2.05) is 0 Å². The topological polar surface area (TPSA) is 234 Å². The van der Waals surface area contributed by atoms with Crippen molar-refractivity contribution in [2.45, 2.75) is 203 Å². The lowest BCUT2D eigenvalue weighted by Gasteiger charge is -2.28. The average Bonchev–Trinajstić information content (AvgIpc) is 3.30. The van der Waals surface area contributed by atoms with E-state index in [1.54, 1.807) is 45.0 Å². The fourth-order valence-electron chi connectivity index (χ4n) is 13.6. The average molecular weight is 1250 g/mol. The third-order valence-corrected chi connectivity index (χ3v) is 19.6. The summed E-state index contributed by atoms with van der Waals surface area (Å²) in [6.07, 6.45) is 19.4. The number of nitrogens with one attached hydrogen (secondary N) is 4. The normalized spacial score (nSPS) is 21.3. The Morgan fingerprint density at radius 1 is 0.591 bits per heavy atom. The highest BCUT2D eigenvalue weighted by Gasteiger charge is 2.50. The first-order valence-corrected chi connectivity index (χ1v) is 33.9. The number of benzene rings is 4. The maximum atomic E-state index is 12.3. The highest BCUT2D eigenvalue weighted by atomic mass is 32.2. The Morgan fingerprint density at radius 2 is 1.00 bits per heavy atom. The minimum absolute atomic E-state index is 0.00921. The number of fused-ring (bicyclic) bond motifs is 4. The molecule has 0 saturated carbocycles. The minimum Gasteiger partial charge on any atom is -0.744 e. The molecule has 478 valence electrons. The van der Waals surface area contributed by atoms with Crippen LogP contribution in [0.1, 0.15) is 176 Å². The lowest BCUT2D eigenvalue weighted by Crippen LogP contribution is -3.10. The molecular formula is C69H94N6O11S2. The molecule has 4 heterocycles. The van der Waals surface area contributed by atoms with E-state index in [0.717, 1.165) is 87.2 Å². The second-order valence-corrected chi connectivity index (χ2v) is 29.7. The maximum Gasteiger partial charge on any atom is 0.426 e. The van der Waals surface area contributed by atoms with E-state index >= 15 is 0 Å². The summed E-state index contributed by atoms with van der Waals surface area (Å²) < 4.78 is 76.5. The zero-order valence-electron chi connectivity index (χ0n) is 53.8. The van der Waals surface area contributed by atoms with Crippen molar-refractivity contribution in [3.63, 3.8) is 0 Å². The third-order valence-electron chi connectivity index (χ3n) is 17.9. The van der Waals surface area contributed by atoms with Gasteiger partial charge in [0, 0.05) is 82.8 Å². The summed E-state index contributed by atoms with van der Waals surface area (Å²) in [4.78, 5) is 41.8. The first kappa shape index (κ1) is 68.9. The van der Waals surface area contributed by atoms with Crippen molar-refractivity contribution in [1.82, 2.24) is 10.9 Å². The van der Waals surface area contributed by atoms with Crippen LogP contribution in [0.15, 0.2) is 143 Å². The summed E-state index contributed by atoms with van der Waals surface area (Å²) in [5, 5.41) is 8.99. The number of carbonyl (C=O) groups is 3. The van der Waals surface area contributed by atoms with E-state index in [4.69, 9.17) is 9.84 Å². The number of hydrazine groups is 1. The van der Waals surface area contributed by atoms with Gasteiger partial charge in [-0.1, -0.05) is 90.1 Å². The molecule has 0 radical (unpaired) electrons. The molecule has 4 aromatic rings. The second-order valence-electron chi connectivity index (χ2n) is 26.9. The van der Waals surface area contributed by atoms with Crippen LogP contribution in [0.3, 0.4) is 0 Å². The number of hydrogen-bond donors (Lipinski definition) is 5. The maximum absolute atomic E-state index is 12.3. The van der Waals surface area contributed by atoms with Gasteiger partial charge in [-0.15, -0.1) is 0 Å². The van der Waals surface area contributed by atoms with E-state index in [-0.39, 0.29) is 51.5 Å². The van der Waals surface area contributed by atoms with Gasteiger partial charge < -0.3 is 28.7 Å². The quantitative estimate of drug-likeness (QED) is 0.0280. The van der Waals surface area contributed by atoms with Gasteiger partial charge in [-0.3, -0.25) is 24.8 Å². The predicted molar refractivity (Wildman–Crippen MR) is 344 cm³/mol. The number of allylic oxidation sites excluding steroid dienone is 6. The molecule has 0 aromatic heterocycles. The summed E-state index contributed by atoms with van der Waals surface area (Å²) in [7, 11) is -9.17. The van der Waals surface area contributed by atoms with Gasteiger partial charge in [0.1, 0.15) is 49.3 Å². The number of ether oxygens (including phenoxy) is 1. The second kappa shape index (κ2) is 27.6. The van der Waals surface area contributed by atoms with E-state index in [1.165, 1.54) is 55.8 Å². The monoisotopic (exact) mass is 1250 g/mol. The number of carboxylic acids is 1. The number of unbranched alkanes of at least 4 members (excludes halogenated alkanes) is 4. The van der Waals surface area contributed by atoms with Gasteiger partial charge in [0.15, 0.2) is 0 Å². The summed E-state index contributed by atoms with van der Waals surface area (Å²) in [6.45, 7) is 30.4. The number of anilines is 2. The van der Waals surface area contributed by atoms with Crippen molar-refractivity contribution in [2.24, 2.45) is 0 Å². The zero-order chi connectivity index (χ0) is 64.8. The van der Waals surface area contributed by atoms with Gasteiger partial charge in [-0.05, 0) is 172 Å². The van der Waals surface area contributed by atoms with Crippen LogP contribution in [0.5, 0.6) is 0 Å². The Bertz CT molecular complexity index is 3560. The van der Waals surface area contributed by atoms with Crippen molar-refractivity contribution < 1.29 is 60.0 Å². The largest absolute Gasteiger partial charge is 0.744 e. The molecule has 0 bridgehead atoms. The lowest BCUT2D eigenvalue weighted by molar-refractivity contribution is -0.850. The van der Waals surface area contributed by atoms with Crippen LogP contribution in [0.2, 0.25) is 0 Å². The number of para-hydroxylation sites is 2. The van der Waals surface area contributed by atoms with Gasteiger partial charge in [0.05, 0.1) is 33.7 Å². The Hall–Kier alpha value is -6.61. The standard InChI is InChI=1S/C37H52N4O6S.C32H42N2O5S/c1-9-23-40-29-17-13-12-16-27(29)36(5,6)31(40)18-15-19-32-37(7,8)28-25-26(48(44,45)46)21-22-30(28)41(32)24-14-10-11-20-33(42)38-39-34(43)47-35(2,3)4;1-6-20-33-26-14-10-9-13-24(26)31(2,3)28(33)15-12-16-29-32(4,5)25-22-23(40(37,38)39)18-19-27(25)34(29)21-11-7-8-17-30(35)36/h12-13,15-19,21-22,25,32H,9-11,14,20,23-24H2,1-8H3,(H,38,42)(H,39,43)(H,44,45,46);9-10,12-16,18-19,22,29H,6-8,11,17,20-21H2,1-5H3,(H,35,36)(H,37,38,39)/b19-15+,31-18+;16-12+,28-15+. The number of quaternary nitrogens is 2. The van der Waals surface area contributed by atoms with Gasteiger partial charge >= 0.3 is 12.1 Å². The molecule has 4 atom stereocenters. The summed E-state index contributed by atoms with van der Waals surface area (Å²) in [5.74, 6) is -1.08. The van der Waals surface area contributed by atoms with Gasteiger partial charge in [-0.2, -0.15) is 0 Å². The Kier molecular flexibility index (Phi) is 21.6. The first-order valence-electron chi connectivity index (χ1n) is 31.1. The third kappa shape index (κ3) is 15.5. The van der Waals surface area contributed by atoms with Crippen LogP contribution in [0, 0.1) is 0 Å². The van der Waals surface area contributed by atoms with Crippen LogP contribution in [0.25, 0.3) is 0 Å². The Balaban J connectivity index is 0.000000255. The van der Waals surface area contributed by atoms with E-state index in [9.17, 15) is 40.3 Å².